The van der Waals surface area contributed by atoms with E-state index in [0.29, 0.717) is 23.0 Å². The summed E-state index contributed by atoms with van der Waals surface area (Å²) >= 11 is 0. The number of rotatable bonds is 3. The molecule has 4 nitrogen and oxygen atoms in total. The normalized spacial score (nSPS) is 21.2. The topological polar surface area (TPSA) is 63.4 Å². The van der Waals surface area contributed by atoms with Crippen molar-refractivity contribution in [2.75, 3.05) is 12.3 Å². The van der Waals surface area contributed by atoms with E-state index in [4.69, 9.17) is 5.73 Å². The van der Waals surface area contributed by atoms with Crippen molar-refractivity contribution in [1.29, 1.82) is 0 Å². The third kappa shape index (κ3) is 2.62. The van der Waals surface area contributed by atoms with Gasteiger partial charge in [0.1, 0.15) is 0 Å². The fraction of sp³-hybridized carbons (Fsp3) is 0.571. The van der Waals surface area contributed by atoms with Crippen molar-refractivity contribution < 1.29 is 8.42 Å². The molecule has 0 bridgehead atoms. The third-order valence-corrected chi connectivity index (χ3v) is 5.79. The van der Waals surface area contributed by atoms with Crippen LogP contribution in [0.15, 0.2) is 23.1 Å². The molecule has 1 heterocycles. The number of nitrogen functional groups attached to an aromatic ring is 1. The molecule has 1 atom stereocenters. The number of sulfonamides is 1. The van der Waals surface area contributed by atoms with Crippen LogP contribution < -0.4 is 5.73 Å². The Hall–Kier alpha value is -1.07. The van der Waals surface area contributed by atoms with E-state index in [0.717, 1.165) is 18.4 Å². The second kappa shape index (κ2) is 5.13. The van der Waals surface area contributed by atoms with Gasteiger partial charge in [-0.05, 0) is 49.4 Å². The number of nitrogens with zero attached hydrogens (tertiary/aromatic N) is 1. The number of hydrogen-bond acceptors (Lipinski definition) is 3. The van der Waals surface area contributed by atoms with Crippen molar-refractivity contribution in [3.8, 4) is 0 Å². The Bertz CT molecular complexity index is 567. The van der Waals surface area contributed by atoms with Crippen molar-refractivity contribution in [2.45, 2.75) is 44.6 Å². The number of nitrogens with two attached hydrogens (primary N) is 1. The number of aryl methyl sites for hydroxylation is 1. The van der Waals surface area contributed by atoms with Gasteiger partial charge < -0.3 is 5.73 Å². The molecule has 2 rings (SSSR count). The first-order chi connectivity index (χ1) is 8.84. The van der Waals surface area contributed by atoms with Crippen molar-refractivity contribution in [1.82, 2.24) is 4.31 Å². The first-order valence-electron chi connectivity index (χ1n) is 6.72. The molecular weight excluding hydrogens is 260 g/mol. The molecule has 0 radical (unpaired) electrons. The van der Waals surface area contributed by atoms with Crippen LogP contribution in [-0.2, 0) is 10.0 Å². The Morgan fingerprint density at radius 2 is 2.05 bits per heavy atom. The molecular formula is C14H22N2O2S. The van der Waals surface area contributed by atoms with Gasteiger partial charge in [-0.2, -0.15) is 4.31 Å². The van der Waals surface area contributed by atoms with Gasteiger partial charge in [0.2, 0.25) is 10.0 Å². The zero-order chi connectivity index (χ0) is 14.2. The van der Waals surface area contributed by atoms with E-state index in [1.807, 2.05) is 6.92 Å². The predicted octanol–water partition coefficient (Wildman–Crippen LogP) is 2.39. The Morgan fingerprint density at radius 1 is 1.37 bits per heavy atom. The molecule has 0 spiro atoms. The maximum absolute atomic E-state index is 12.7. The molecule has 0 aliphatic carbocycles. The van der Waals surface area contributed by atoms with Crippen LogP contribution in [0.3, 0.4) is 0 Å². The van der Waals surface area contributed by atoms with Gasteiger partial charge in [-0.3, -0.25) is 0 Å². The monoisotopic (exact) mass is 282 g/mol. The maximum atomic E-state index is 12.7. The molecule has 0 saturated carbocycles. The van der Waals surface area contributed by atoms with Crippen LogP contribution in [0.25, 0.3) is 0 Å². The molecule has 1 unspecified atom stereocenters. The number of benzene rings is 1. The lowest BCUT2D eigenvalue weighted by Crippen LogP contribution is -2.38. The first kappa shape index (κ1) is 14.3. The lowest BCUT2D eigenvalue weighted by Gasteiger charge is -2.27. The summed E-state index contributed by atoms with van der Waals surface area (Å²) in [7, 11) is -3.39. The molecule has 1 aliphatic rings. The largest absolute Gasteiger partial charge is 0.399 e. The van der Waals surface area contributed by atoms with E-state index < -0.39 is 10.0 Å². The van der Waals surface area contributed by atoms with Crippen molar-refractivity contribution in [2.24, 2.45) is 5.92 Å². The molecule has 5 heteroatoms. The van der Waals surface area contributed by atoms with E-state index in [1.54, 1.807) is 22.5 Å². The molecule has 106 valence electrons. The average molecular weight is 282 g/mol. The van der Waals surface area contributed by atoms with Crippen molar-refractivity contribution in [3.05, 3.63) is 23.8 Å². The summed E-state index contributed by atoms with van der Waals surface area (Å²) in [5.41, 5.74) is 7.19. The summed E-state index contributed by atoms with van der Waals surface area (Å²) < 4.78 is 27.1. The van der Waals surface area contributed by atoms with Gasteiger partial charge in [-0.15, -0.1) is 0 Å². The van der Waals surface area contributed by atoms with Crippen molar-refractivity contribution >= 4 is 15.7 Å². The zero-order valence-corrected chi connectivity index (χ0v) is 12.6. The van der Waals surface area contributed by atoms with Crippen molar-refractivity contribution in [3.63, 3.8) is 0 Å². The third-order valence-electron chi connectivity index (χ3n) is 3.87. The average Bonchev–Trinajstić information content (AvgIpc) is 2.82. The highest BCUT2D eigenvalue weighted by molar-refractivity contribution is 7.89. The maximum Gasteiger partial charge on any atom is 0.243 e. The SMILES string of the molecule is Cc1cc(S(=O)(=O)N2CCCC2C(C)C)ccc1N. The number of anilines is 1. The first-order valence-corrected chi connectivity index (χ1v) is 8.16. The summed E-state index contributed by atoms with van der Waals surface area (Å²) in [5, 5.41) is 0. The van der Waals surface area contributed by atoms with Gasteiger partial charge >= 0.3 is 0 Å². The minimum atomic E-state index is -3.39. The molecule has 0 aromatic heterocycles. The zero-order valence-electron chi connectivity index (χ0n) is 11.8. The fourth-order valence-corrected chi connectivity index (χ4v) is 4.59. The molecule has 2 N–H and O–H groups in total. The molecule has 1 aliphatic heterocycles. The van der Waals surface area contributed by atoms with Gasteiger partial charge in [0.25, 0.3) is 0 Å². The predicted molar refractivity (Wildman–Crippen MR) is 77.3 cm³/mol. The summed E-state index contributed by atoms with van der Waals surface area (Å²) in [4.78, 5) is 0.353. The second-order valence-electron chi connectivity index (χ2n) is 5.59. The minimum absolute atomic E-state index is 0.114. The summed E-state index contributed by atoms with van der Waals surface area (Å²) in [6.45, 7) is 6.60. The summed E-state index contributed by atoms with van der Waals surface area (Å²) in [6, 6.07) is 5.05. The van der Waals surface area contributed by atoms with Gasteiger partial charge in [0, 0.05) is 18.3 Å². The fourth-order valence-electron chi connectivity index (χ4n) is 2.67. The molecule has 1 saturated heterocycles. The van der Waals surface area contributed by atoms with Crippen LogP contribution in [0.5, 0.6) is 0 Å². The number of hydrogen-bond donors (Lipinski definition) is 1. The highest BCUT2D eigenvalue weighted by Gasteiger charge is 2.36. The van der Waals surface area contributed by atoms with Crippen LogP contribution in [0, 0.1) is 12.8 Å². The Kier molecular flexibility index (Phi) is 3.87. The highest BCUT2D eigenvalue weighted by atomic mass is 32.2. The van der Waals surface area contributed by atoms with Crippen LogP contribution in [0.1, 0.15) is 32.3 Å². The van der Waals surface area contributed by atoms with Crippen LogP contribution in [0.4, 0.5) is 5.69 Å². The van der Waals surface area contributed by atoms with E-state index in [-0.39, 0.29) is 6.04 Å². The van der Waals surface area contributed by atoms with Crippen LogP contribution in [0.2, 0.25) is 0 Å². The highest BCUT2D eigenvalue weighted by Crippen LogP contribution is 2.30. The molecule has 0 amide bonds. The second-order valence-corrected chi connectivity index (χ2v) is 7.48. The van der Waals surface area contributed by atoms with E-state index in [2.05, 4.69) is 13.8 Å². The Balaban J connectivity index is 2.39. The summed E-state index contributed by atoms with van der Waals surface area (Å²) in [5.74, 6) is 0.340. The molecule has 1 aromatic rings. The van der Waals surface area contributed by atoms with Crippen LogP contribution >= 0.6 is 0 Å². The standard InChI is InChI=1S/C14H22N2O2S/c1-10(2)14-5-4-8-16(14)19(17,18)12-6-7-13(15)11(3)9-12/h6-7,9-10,14H,4-5,8,15H2,1-3H3. The summed E-state index contributed by atoms with van der Waals surface area (Å²) in [6.07, 6.45) is 1.89. The van der Waals surface area contributed by atoms with Gasteiger partial charge in [-0.25, -0.2) is 8.42 Å². The smallest absolute Gasteiger partial charge is 0.243 e. The Labute approximate surface area is 115 Å². The van der Waals surface area contributed by atoms with E-state index >= 15 is 0 Å². The minimum Gasteiger partial charge on any atom is -0.399 e. The lowest BCUT2D eigenvalue weighted by molar-refractivity contribution is 0.316. The molecule has 19 heavy (non-hydrogen) atoms. The van der Waals surface area contributed by atoms with E-state index in [9.17, 15) is 8.42 Å². The lowest BCUT2D eigenvalue weighted by atomic mass is 10.0. The van der Waals surface area contributed by atoms with Crippen LogP contribution in [-0.4, -0.2) is 25.3 Å². The molecule has 1 aromatic carbocycles. The quantitative estimate of drug-likeness (QED) is 0.866. The van der Waals surface area contributed by atoms with E-state index in [1.165, 1.54) is 0 Å². The van der Waals surface area contributed by atoms with Gasteiger partial charge in [-0.1, -0.05) is 13.8 Å². The van der Waals surface area contributed by atoms with Gasteiger partial charge in [0.05, 0.1) is 4.90 Å². The Morgan fingerprint density at radius 3 is 2.63 bits per heavy atom. The van der Waals surface area contributed by atoms with Gasteiger partial charge in [0.15, 0.2) is 0 Å². The molecule has 1 fully saturated rings.